The van der Waals surface area contributed by atoms with Gasteiger partial charge in [0.25, 0.3) is 5.91 Å². The van der Waals surface area contributed by atoms with Crippen LogP contribution < -0.4 is 10.2 Å². The molecule has 0 saturated heterocycles. The van der Waals surface area contributed by atoms with E-state index in [1.807, 2.05) is 26.0 Å². The average molecular weight is 418 g/mol. The summed E-state index contributed by atoms with van der Waals surface area (Å²) in [5, 5.41) is 0. The Morgan fingerprint density at radius 2 is 1.90 bits per heavy atom. The fourth-order valence-electron chi connectivity index (χ4n) is 3.95. The van der Waals surface area contributed by atoms with Crippen molar-refractivity contribution in [2.75, 3.05) is 13.7 Å². The normalized spacial score (nSPS) is 17.7. The van der Waals surface area contributed by atoms with E-state index in [0.717, 1.165) is 17.7 Å². The summed E-state index contributed by atoms with van der Waals surface area (Å²) in [6.07, 6.45) is -4.52. The number of hydrogen-bond donors (Lipinski definition) is 1. The molecular weight excluding hydrogens is 397 g/mol. The molecule has 0 fully saturated rings. The van der Waals surface area contributed by atoms with Gasteiger partial charge in [-0.15, -0.1) is 0 Å². The van der Waals surface area contributed by atoms with Gasteiger partial charge in [-0.05, 0) is 43.7 Å². The van der Waals surface area contributed by atoms with Gasteiger partial charge in [0.05, 0.1) is 24.9 Å². The summed E-state index contributed by atoms with van der Waals surface area (Å²) in [5.41, 5.74) is 3.71. The van der Waals surface area contributed by atoms with E-state index >= 15 is 0 Å². The summed E-state index contributed by atoms with van der Waals surface area (Å²) in [5.74, 6) is 0.0458. The predicted molar refractivity (Wildman–Crippen MR) is 104 cm³/mol. The molecule has 0 radical (unpaired) electrons. The Morgan fingerprint density at radius 1 is 1.17 bits per heavy atom. The number of rotatable bonds is 4. The number of nitrogens with one attached hydrogen (secondary N) is 1. The highest BCUT2D eigenvalue weighted by molar-refractivity contribution is 6.04. The molecule has 30 heavy (non-hydrogen) atoms. The summed E-state index contributed by atoms with van der Waals surface area (Å²) in [6, 6.07) is 10.5. The lowest BCUT2D eigenvalue weighted by Crippen LogP contribution is -2.42. The third kappa shape index (κ3) is 3.36. The zero-order valence-corrected chi connectivity index (χ0v) is 16.8. The van der Waals surface area contributed by atoms with Crippen LogP contribution in [-0.4, -0.2) is 30.1 Å². The summed E-state index contributed by atoms with van der Waals surface area (Å²) < 4.78 is 46.3. The van der Waals surface area contributed by atoms with E-state index in [4.69, 9.17) is 9.57 Å². The van der Waals surface area contributed by atoms with Crippen molar-refractivity contribution in [1.82, 2.24) is 10.4 Å². The third-order valence-electron chi connectivity index (χ3n) is 5.42. The molecule has 2 heterocycles. The highest BCUT2D eigenvalue weighted by Gasteiger charge is 2.42. The van der Waals surface area contributed by atoms with Gasteiger partial charge in [-0.3, -0.25) is 4.79 Å². The van der Waals surface area contributed by atoms with Gasteiger partial charge in [0.1, 0.15) is 11.4 Å². The van der Waals surface area contributed by atoms with Crippen molar-refractivity contribution < 1.29 is 27.5 Å². The maximum Gasteiger partial charge on any atom is 0.416 e. The number of hydrogen-bond acceptors (Lipinski definition) is 4. The van der Waals surface area contributed by atoms with Gasteiger partial charge in [0.15, 0.2) is 0 Å². The van der Waals surface area contributed by atoms with Crippen LogP contribution in [0.4, 0.5) is 13.2 Å². The molecule has 0 spiro atoms. The van der Waals surface area contributed by atoms with Crippen molar-refractivity contribution in [3.63, 3.8) is 0 Å². The highest BCUT2D eigenvalue weighted by atomic mass is 19.4. The molecule has 1 amide bonds. The number of carbonyl (C=O) groups is 1. The highest BCUT2D eigenvalue weighted by Crippen LogP contribution is 2.46. The molecule has 5 nitrogen and oxygen atoms in total. The fourth-order valence-corrected chi connectivity index (χ4v) is 3.95. The lowest BCUT2D eigenvalue weighted by atomic mass is 9.88. The Balaban J connectivity index is 1.93. The smallest absolute Gasteiger partial charge is 0.416 e. The molecule has 158 valence electrons. The summed E-state index contributed by atoms with van der Waals surface area (Å²) >= 11 is 0. The van der Waals surface area contributed by atoms with Crippen LogP contribution in [0.3, 0.4) is 0 Å². The van der Waals surface area contributed by atoms with Crippen LogP contribution in [0.25, 0.3) is 5.70 Å². The van der Waals surface area contributed by atoms with Gasteiger partial charge in [0, 0.05) is 23.2 Å². The lowest BCUT2D eigenvalue weighted by molar-refractivity contribution is -0.137. The fraction of sp³-hybridized carbons (Fsp3) is 0.318. The molecule has 0 atom stereocenters. The minimum atomic E-state index is -4.52. The van der Waals surface area contributed by atoms with Crippen LogP contribution in [0.15, 0.2) is 48.0 Å². The first-order valence-electron chi connectivity index (χ1n) is 9.43. The number of alkyl halides is 3. The molecule has 2 aromatic carbocycles. The first kappa shape index (κ1) is 20.4. The number of fused-ring (bicyclic) bond motifs is 2. The second kappa shape index (κ2) is 7.14. The van der Waals surface area contributed by atoms with Crippen LogP contribution in [0.2, 0.25) is 0 Å². The number of hydroxylamine groups is 1. The average Bonchev–Trinajstić information content (AvgIpc) is 3.01. The number of nitrogens with zero attached hydrogens (tertiary/aromatic N) is 1. The van der Waals surface area contributed by atoms with Crippen molar-refractivity contribution in [3.05, 3.63) is 70.3 Å². The molecule has 0 saturated carbocycles. The van der Waals surface area contributed by atoms with E-state index in [1.54, 1.807) is 12.1 Å². The van der Waals surface area contributed by atoms with Crippen molar-refractivity contribution in [1.29, 1.82) is 0 Å². The van der Waals surface area contributed by atoms with Gasteiger partial charge in [-0.2, -0.15) is 18.7 Å². The first-order chi connectivity index (χ1) is 14.1. The Bertz CT molecular complexity index is 1040. The summed E-state index contributed by atoms with van der Waals surface area (Å²) in [7, 11) is 1.45. The monoisotopic (exact) mass is 418 g/mol. The van der Waals surface area contributed by atoms with Crippen LogP contribution >= 0.6 is 0 Å². The summed E-state index contributed by atoms with van der Waals surface area (Å²) in [6.45, 7) is 4.07. The van der Waals surface area contributed by atoms with Crippen molar-refractivity contribution in [3.8, 4) is 5.75 Å². The molecule has 2 aliphatic heterocycles. The van der Waals surface area contributed by atoms with Crippen LogP contribution in [-0.2, 0) is 17.6 Å². The lowest BCUT2D eigenvalue weighted by Gasteiger charge is -2.39. The SMILES string of the molecule is CONCC1=C(N2Cc3ccccc3C2=O)c2cc(C(F)(F)F)ccc2OC1(C)C. The van der Waals surface area contributed by atoms with Crippen molar-refractivity contribution in [2.45, 2.75) is 32.2 Å². The van der Waals surface area contributed by atoms with E-state index in [0.29, 0.717) is 22.6 Å². The molecule has 0 aromatic heterocycles. The zero-order chi connectivity index (χ0) is 21.7. The van der Waals surface area contributed by atoms with Gasteiger partial charge >= 0.3 is 6.18 Å². The van der Waals surface area contributed by atoms with E-state index in [9.17, 15) is 18.0 Å². The summed E-state index contributed by atoms with van der Waals surface area (Å²) in [4.78, 5) is 19.7. The van der Waals surface area contributed by atoms with E-state index in [1.165, 1.54) is 18.1 Å². The van der Waals surface area contributed by atoms with Crippen molar-refractivity contribution in [2.24, 2.45) is 0 Å². The minimum Gasteiger partial charge on any atom is -0.483 e. The largest absolute Gasteiger partial charge is 0.483 e. The van der Waals surface area contributed by atoms with Crippen LogP contribution in [0, 0.1) is 0 Å². The number of amides is 1. The molecule has 0 unspecified atom stereocenters. The Morgan fingerprint density at radius 3 is 2.57 bits per heavy atom. The standard InChI is InChI=1S/C22H21F3N2O3/c1-21(2)17(11-26-29-3)19(27-12-13-6-4-5-7-15(13)20(27)28)16-10-14(22(23,24)25)8-9-18(16)30-21/h4-10,26H,11-12H2,1-3H3. The Kier molecular flexibility index (Phi) is 4.86. The molecule has 0 bridgehead atoms. The molecule has 4 rings (SSSR count). The maximum absolute atomic E-state index is 13.4. The van der Waals surface area contributed by atoms with Crippen LogP contribution in [0.1, 0.15) is 40.9 Å². The maximum atomic E-state index is 13.4. The molecule has 1 N–H and O–H groups in total. The third-order valence-corrected chi connectivity index (χ3v) is 5.42. The number of halogens is 3. The van der Waals surface area contributed by atoms with Gasteiger partial charge in [-0.1, -0.05) is 18.2 Å². The molecule has 8 heteroatoms. The number of benzene rings is 2. The molecule has 2 aliphatic rings. The van der Waals surface area contributed by atoms with E-state index in [-0.39, 0.29) is 24.6 Å². The number of carbonyl (C=O) groups excluding carboxylic acids is 1. The molecule has 2 aromatic rings. The quantitative estimate of drug-likeness (QED) is 0.748. The minimum absolute atomic E-state index is 0.175. The van der Waals surface area contributed by atoms with E-state index < -0.39 is 17.3 Å². The molecular formula is C22H21F3N2O3. The Labute approximate surface area is 172 Å². The van der Waals surface area contributed by atoms with E-state index in [2.05, 4.69) is 5.48 Å². The zero-order valence-electron chi connectivity index (χ0n) is 16.8. The second-order valence-corrected chi connectivity index (χ2v) is 7.72. The van der Waals surface area contributed by atoms with Crippen molar-refractivity contribution >= 4 is 11.6 Å². The molecule has 0 aliphatic carbocycles. The predicted octanol–water partition coefficient (Wildman–Crippen LogP) is 4.39. The van der Waals surface area contributed by atoms with Gasteiger partial charge in [0.2, 0.25) is 0 Å². The van der Waals surface area contributed by atoms with Gasteiger partial charge < -0.3 is 14.5 Å². The Hall–Kier alpha value is -2.84. The number of ether oxygens (including phenoxy) is 1. The topological polar surface area (TPSA) is 50.8 Å². The van der Waals surface area contributed by atoms with Crippen LogP contribution in [0.5, 0.6) is 5.75 Å². The second-order valence-electron chi connectivity index (χ2n) is 7.72. The first-order valence-corrected chi connectivity index (χ1v) is 9.43. The van der Waals surface area contributed by atoms with Gasteiger partial charge in [-0.25, -0.2) is 0 Å².